The van der Waals surface area contributed by atoms with E-state index in [0.717, 1.165) is 6.54 Å². The van der Waals surface area contributed by atoms with Crippen molar-refractivity contribution in [3.8, 4) is 0 Å². The molecule has 2 aliphatic heterocycles. The van der Waals surface area contributed by atoms with Crippen molar-refractivity contribution in [2.75, 3.05) is 6.61 Å². The van der Waals surface area contributed by atoms with Crippen LogP contribution in [0.25, 0.3) is 0 Å². The molecule has 0 saturated carbocycles. The summed E-state index contributed by atoms with van der Waals surface area (Å²) in [5.74, 6) is 0. The van der Waals surface area contributed by atoms with E-state index in [-0.39, 0.29) is 18.2 Å². The van der Waals surface area contributed by atoms with Gasteiger partial charge in [-0.1, -0.05) is 6.07 Å². The number of ether oxygens (including phenoxy) is 2. The summed E-state index contributed by atoms with van der Waals surface area (Å²) in [6.07, 6.45) is 4.13. The Bertz CT molecular complexity index is 574. The third-order valence-corrected chi connectivity index (χ3v) is 4.97. The highest BCUT2D eigenvalue weighted by atomic mass is 32.1. The van der Waals surface area contributed by atoms with Gasteiger partial charge in [0.1, 0.15) is 12.1 Å². The van der Waals surface area contributed by atoms with E-state index in [4.69, 9.17) is 9.47 Å². The van der Waals surface area contributed by atoms with Crippen LogP contribution in [0.5, 0.6) is 0 Å². The van der Waals surface area contributed by atoms with Crippen molar-refractivity contribution < 1.29 is 14.6 Å². The Morgan fingerprint density at radius 2 is 2.48 bits per heavy atom. The van der Waals surface area contributed by atoms with Gasteiger partial charge in [-0.15, -0.1) is 11.3 Å². The first-order valence-corrected chi connectivity index (χ1v) is 7.89. The normalized spacial score (nSPS) is 35.2. The maximum absolute atomic E-state index is 10.7. The van der Waals surface area contributed by atoms with E-state index in [1.807, 2.05) is 22.2 Å². The predicted octanol–water partition coefficient (Wildman–Crippen LogP) is 0.760. The van der Waals surface area contributed by atoms with Gasteiger partial charge >= 0.3 is 0 Å². The molecule has 6 nitrogen and oxygen atoms in total. The van der Waals surface area contributed by atoms with Crippen LogP contribution in [0.4, 0.5) is 0 Å². The van der Waals surface area contributed by atoms with Gasteiger partial charge in [0.2, 0.25) is 0 Å². The van der Waals surface area contributed by atoms with Crippen LogP contribution < -0.4 is 5.32 Å². The van der Waals surface area contributed by atoms with Crippen molar-refractivity contribution in [1.29, 1.82) is 0 Å². The second kappa shape index (κ2) is 5.51. The molecule has 2 aromatic heterocycles. The Morgan fingerprint density at radius 1 is 1.52 bits per heavy atom. The monoisotopic (exact) mass is 307 g/mol. The van der Waals surface area contributed by atoms with Crippen LogP contribution in [-0.4, -0.2) is 45.8 Å². The number of thiophene rings is 1. The molecule has 2 saturated heterocycles. The summed E-state index contributed by atoms with van der Waals surface area (Å²) in [5.41, 5.74) is 0. The average Bonchev–Trinajstić information content (AvgIpc) is 3.20. The van der Waals surface area contributed by atoms with Crippen LogP contribution in [0.15, 0.2) is 36.2 Å². The molecule has 2 bridgehead atoms. The SMILES string of the molecule is OC1C(NCc2cccs2)C2COC(O2)C1n1ccnc1. The summed E-state index contributed by atoms with van der Waals surface area (Å²) in [5, 5.41) is 16.2. The van der Waals surface area contributed by atoms with Crippen molar-refractivity contribution in [3.63, 3.8) is 0 Å². The lowest BCUT2D eigenvalue weighted by Gasteiger charge is -2.39. The number of hydrogen-bond donors (Lipinski definition) is 2. The minimum Gasteiger partial charge on any atom is -0.389 e. The largest absolute Gasteiger partial charge is 0.389 e. The summed E-state index contributed by atoms with van der Waals surface area (Å²) in [6, 6.07) is 3.68. The minimum absolute atomic E-state index is 0.107. The molecule has 0 radical (unpaired) electrons. The molecule has 2 aliphatic rings. The first-order chi connectivity index (χ1) is 10.3. The number of nitrogens with zero attached hydrogens (tertiary/aromatic N) is 2. The van der Waals surface area contributed by atoms with E-state index >= 15 is 0 Å². The number of aromatic nitrogens is 2. The van der Waals surface area contributed by atoms with Gasteiger partial charge in [-0.3, -0.25) is 0 Å². The number of aliphatic hydroxyl groups excluding tert-OH is 1. The van der Waals surface area contributed by atoms with Gasteiger partial charge in [0.25, 0.3) is 0 Å². The van der Waals surface area contributed by atoms with Crippen molar-refractivity contribution >= 4 is 11.3 Å². The van der Waals surface area contributed by atoms with Crippen molar-refractivity contribution in [2.24, 2.45) is 0 Å². The highest BCUT2D eigenvalue weighted by molar-refractivity contribution is 7.09. The third kappa shape index (κ3) is 2.41. The molecule has 2 N–H and O–H groups in total. The summed E-state index contributed by atoms with van der Waals surface area (Å²) in [7, 11) is 0. The first-order valence-electron chi connectivity index (χ1n) is 7.01. The molecule has 4 heterocycles. The fourth-order valence-corrected chi connectivity index (χ4v) is 3.70. The van der Waals surface area contributed by atoms with E-state index in [0.29, 0.717) is 6.61 Å². The minimum atomic E-state index is -0.578. The van der Waals surface area contributed by atoms with Gasteiger partial charge < -0.3 is 24.5 Å². The van der Waals surface area contributed by atoms with Gasteiger partial charge in [-0.2, -0.15) is 0 Å². The Balaban J connectivity index is 1.53. The molecule has 112 valence electrons. The average molecular weight is 307 g/mol. The lowest BCUT2D eigenvalue weighted by molar-refractivity contribution is -0.165. The number of hydrogen-bond acceptors (Lipinski definition) is 6. The quantitative estimate of drug-likeness (QED) is 0.873. The van der Waals surface area contributed by atoms with Gasteiger partial charge in [-0.25, -0.2) is 4.98 Å². The molecule has 0 aromatic carbocycles. The van der Waals surface area contributed by atoms with Crippen molar-refractivity contribution in [2.45, 2.75) is 37.1 Å². The number of rotatable bonds is 4. The van der Waals surface area contributed by atoms with Crippen LogP contribution in [0.2, 0.25) is 0 Å². The smallest absolute Gasteiger partial charge is 0.181 e. The van der Waals surface area contributed by atoms with Gasteiger partial charge in [0, 0.05) is 23.8 Å². The molecule has 0 spiro atoms. The number of nitrogens with one attached hydrogen (secondary N) is 1. The van der Waals surface area contributed by atoms with Crippen LogP contribution >= 0.6 is 11.3 Å². The molecule has 0 aliphatic carbocycles. The molecule has 2 aromatic rings. The predicted molar refractivity (Wildman–Crippen MR) is 76.8 cm³/mol. The zero-order chi connectivity index (χ0) is 14.2. The summed E-state index contributed by atoms with van der Waals surface area (Å²) in [6.45, 7) is 1.23. The van der Waals surface area contributed by atoms with Gasteiger partial charge in [0.05, 0.1) is 25.1 Å². The molecule has 0 amide bonds. The van der Waals surface area contributed by atoms with Crippen LogP contribution in [0, 0.1) is 0 Å². The third-order valence-electron chi connectivity index (χ3n) is 4.09. The van der Waals surface area contributed by atoms with Crippen LogP contribution in [-0.2, 0) is 16.0 Å². The molecule has 4 rings (SSSR count). The maximum atomic E-state index is 10.7. The lowest BCUT2D eigenvalue weighted by atomic mass is 9.96. The highest BCUT2D eigenvalue weighted by Gasteiger charge is 2.50. The zero-order valence-electron chi connectivity index (χ0n) is 11.3. The molecule has 5 atom stereocenters. The molecule has 21 heavy (non-hydrogen) atoms. The standard InChI is InChI=1S/C14H17N3O3S/c18-13-11(16-6-9-2-1-5-21-9)10-7-19-14(20-10)12(13)17-4-3-15-8-17/h1-5,8,10-14,16,18H,6-7H2. The van der Waals surface area contributed by atoms with E-state index in [2.05, 4.69) is 16.4 Å². The van der Waals surface area contributed by atoms with Gasteiger partial charge in [0.15, 0.2) is 6.29 Å². The zero-order valence-corrected chi connectivity index (χ0v) is 12.1. The topological polar surface area (TPSA) is 68.5 Å². The van der Waals surface area contributed by atoms with E-state index in [1.54, 1.807) is 23.9 Å². The van der Waals surface area contributed by atoms with E-state index < -0.39 is 12.4 Å². The molecule has 5 unspecified atom stereocenters. The highest BCUT2D eigenvalue weighted by Crippen LogP contribution is 2.35. The Kier molecular flexibility index (Phi) is 3.52. The van der Waals surface area contributed by atoms with Gasteiger partial charge in [-0.05, 0) is 11.4 Å². The fraction of sp³-hybridized carbons (Fsp3) is 0.500. The second-order valence-corrected chi connectivity index (χ2v) is 6.39. The van der Waals surface area contributed by atoms with E-state index in [9.17, 15) is 5.11 Å². The molecule has 7 heteroatoms. The Labute approximate surface area is 126 Å². The molecule has 2 fully saturated rings. The summed E-state index contributed by atoms with van der Waals surface area (Å²) in [4.78, 5) is 5.29. The lowest BCUT2D eigenvalue weighted by Crippen LogP contribution is -2.57. The number of imidazole rings is 1. The van der Waals surface area contributed by atoms with Crippen LogP contribution in [0.1, 0.15) is 10.9 Å². The number of fused-ring (bicyclic) bond motifs is 2. The number of aliphatic hydroxyl groups is 1. The Hall–Kier alpha value is -1.25. The second-order valence-electron chi connectivity index (χ2n) is 5.35. The molecular formula is C14H17N3O3S. The fourth-order valence-electron chi connectivity index (χ4n) is 3.05. The van der Waals surface area contributed by atoms with Crippen molar-refractivity contribution in [3.05, 3.63) is 41.1 Å². The van der Waals surface area contributed by atoms with Crippen molar-refractivity contribution in [1.82, 2.24) is 14.9 Å². The van der Waals surface area contributed by atoms with E-state index in [1.165, 1.54) is 4.88 Å². The molecular weight excluding hydrogens is 290 g/mol. The maximum Gasteiger partial charge on any atom is 0.181 e. The Morgan fingerprint density at radius 3 is 3.24 bits per heavy atom. The first kappa shape index (κ1) is 13.4. The summed E-state index contributed by atoms with van der Waals surface area (Å²) >= 11 is 1.70. The summed E-state index contributed by atoms with van der Waals surface area (Å²) < 4.78 is 13.4. The van der Waals surface area contributed by atoms with Crippen LogP contribution in [0.3, 0.4) is 0 Å².